The number of hydrogen-bond donors (Lipinski definition) is 0. The average Bonchev–Trinajstić information content (AvgIpc) is 4.01. The molecule has 0 saturated carbocycles. The standard InChI is InChI=1S/C64H56BN3O/c1-62(2,3)41-29-31-45(32-30-41)68-59-56(39-21-13-10-14-22-39)60(40-23-15-11-16-24-40)69-61(59)50-34-43(64(7,8)9)36-55-57(50)65(68)51-35-42(63(4,5)6)33-49-48-38-53-47(37-54(48)67(55)58(49)51)46-27-19-20-28-52(46)66(53)44-25-17-12-18-26-44/h10-38H,1-9H3. The van der Waals surface area contributed by atoms with Gasteiger partial charge in [0.05, 0.1) is 33.3 Å². The molecule has 0 bridgehead atoms. The van der Waals surface area contributed by atoms with Crippen molar-refractivity contribution in [1.29, 1.82) is 0 Å². The Bertz CT molecular complexity index is 3870. The van der Waals surface area contributed by atoms with Crippen molar-refractivity contribution in [2.75, 3.05) is 4.81 Å². The van der Waals surface area contributed by atoms with Crippen LogP contribution < -0.4 is 15.7 Å². The fourth-order valence-corrected chi connectivity index (χ4v) is 11.6. The summed E-state index contributed by atoms with van der Waals surface area (Å²) in [5.74, 6) is 1.79. The lowest BCUT2D eigenvalue weighted by Gasteiger charge is -2.42. The summed E-state index contributed by atoms with van der Waals surface area (Å²) in [5.41, 5.74) is 20.1. The predicted octanol–water partition coefficient (Wildman–Crippen LogP) is 15.9. The topological polar surface area (TPSA) is 26.2 Å². The molecule has 8 aromatic carbocycles. The van der Waals surface area contributed by atoms with E-state index in [0.717, 1.165) is 50.8 Å². The van der Waals surface area contributed by atoms with Gasteiger partial charge in [0.25, 0.3) is 0 Å². The fraction of sp³-hybridized carbons (Fsp3) is 0.188. The van der Waals surface area contributed by atoms with Gasteiger partial charge in [0.1, 0.15) is 5.76 Å². The first-order valence-electron chi connectivity index (χ1n) is 24.6. The van der Waals surface area contributed by atoms with E-state index in [9.17, 15) is 0 Å². The molecule has 11 aromatic rings. The molecule has 3 aromatic heterocycles. The number of furan rings is 1. The Balaban J connectivity index is 1.23. The molecular formula is C64H56BN3O. The van der Waals surface area contributed by atoms with E-state index in [1.807, 2.05) is 0 Å². The molecule has 336 valence electrons. The van der Waals surface area contributed by atoms with Gasteiger partial charge in [-0.25, -0.2) is 0 Å². The summed E-state index contributed by atoms with van der Waals surface area (Å²) in [6.07, 6.45) is 0. The number of fused-ring (bicyclic) bond motifs is 10. The third kappa shape index (κ3) is 6.15. The van der Waals surface area contributed by atoms with E-state index in [1.165, 1.54) is 76.9 Å². The van der Waals surface area contributed by atoms with Gasteiger partial charge in [0, 0.05) is 49.7 Å². The van der Waals surface area contributed by atoms with Crippen LogP contribution in [-0.2, 0) is 16.2 Å². The van der Waals surface area contributed by atoms with Crippen molar-refractivity contribution in [3.63, 3.8) is 0 Å². The maximum Gasteiger partial charge on any atom is 0.333 e. The van der Waals surface area contributed by atoms with Crippen LogP contribution in [0.3, 0.4) is 0 Å². The molecule has 2 aliphatic heterocycles. The van der Waals surface area contributed by atoms with Crippen molar-refractivity contribution in [1.82, 2.24) is 9.13 Å². The van der Waals surface area contributed by atoms with Crippen LogP contribution in [0.15, 0.2) is 180 Å². The number of nitrogens with zero attached hydrogens (tertiary/aromatic N) is 3. The molecular weight excluding hydrogens is 838 g/mol. The highest BCUT2D eigenvalue weighted by molar-refractivity contribution is 6.93. The third-order valence-electron chi connectivity index (χ3n) is 15.1. The van der Waals surface area contributed by atoms with E-state index in [-0.39, 0.29) is 23.1 Å². The molecule has 0 fully saturated rings. The van der Waals surface area contributed by atoms with E-state index >= 15 is 0 Å². The Morgan fingerprint density at radius 1 is 0.420 bits per heavy atom. The Kier molecular flexibility index (Phi) is 8.76. The first-order valence-corrected chi connectivity index (χ1v) is 24.6. The summed E-state index contributed by atoms with van der Waals surface area (Å²) < 4.78 is 12.7. The SMILES string of the molecule is CC(C)(C)c1ccc(N2B3c4c(cc(C(C)(C)C)cc4-n4c5cc6c7ccccc7n(-c7ccccc7)c6cc5c5cc(C(C)(C)C)cc3c54)-c3oc(-c4ccccc4)c(-c4ccccc4)c32)cc1. The molecule has 0 atom stereocenters. The molecule has 4 nitrogen and oxygen atoms in total. The van der Waals surface area contributed by atoms with Gasteiger partial charge < -0.3 is 18.4 Å². The molecule has 0 amide bonds. The molecule has 5 heteroatoms. The van der Waals surface area contributed by atoms with Crippen LogP contribution in [0.1, 0.15) is 79.0 Å². The minimum Gasteiger partial charge on any atom is -0.453 e. The van der Waals surface area contributed by atoms with Crippen LogP contribution in [0, 0.1) is 0 Å². The van der Waals surface area contributed by atoms with Gasteiger partial charge in [-0.1, -0.05) is 178 Å². The maximum absolute atomic E-state index is 7.58. The van der Waals surface area contributed by atoms with E-state index in [4.69, 9.17) is 4.42 Å². The van der Waals surface area contributed by atoms with Gasteiger partial charge in [0.2, 0.25) is 0 Å². The molecule has 0 spiro atoms. The van der Waals surface area contributed by atoms with Crippen LogP contribution in [0.2, 0.25) is 0 Å². The summed E-state index contributed by atoms with van der Waals surface area (Å²) in [6.45, 7) is 20.8. The zero-order chi connectivity index (χ0) is 47.3. The summed E-state index contributed by atoms with van der Waals surface area (Å²) in [4.78, 5) is 2.65. The average molecular weight is 894 g/mol. The zero-order valence-corrected chi connectivity index (χ0v) is 41.1. The molecule has 0 aliphatic carbocycles. The Morgan fingerprint density at radius 2 is 0.986 bits per heavy atom. The molecule has 0 unspecified atom stereocenters. The Hall–Kier alpha value is -7.50. The molecule has 5 heterocycles. The van der Waals surface area contributed by atoms with E-state index < -0.39 is 0 Å². The summed E-state index contributed by atoms with van der Waals surface area (Å²) >= 11 is 0. The first kappa shape index (κ1) is 41.7. The second-order valence-corrected chi connectivity index (χ2v) is 22.6. The minimum atomic E-state index is -0.185. The highest BCUT2D eigenvalue weighted by Crippen LogP contribution is 2.55. The lowest BCUT2D eigenvalue weighted by Crippen LogP contribution is -2.61. The number of rotatable bonds is 4. The van der Waals surface area contributed by atoms with Crippen LogP contribution in [0.25, 0.3) is 88.8 Å². The maximum atomic E-state index is 7.58. The van der Waals surface area contributed by atoms with Crippen molar-refractivity contribution >= 4 is 72.8 Å². The summed E-state index contributed by atoms with van der Waals surface area (Å²) in [6, 6.07) is 65.8. The second-order valence-electron chi connectivity index (χ2n) is 22.6. The highest BCUT2D eigenvalue weighted by Gasteiger charge is 2.48. The number of aromatic nitrogens is 2. The normalized spacial score (nSPS) is 13.5. The summed E-state index contributed by atoms with van der Waals surface area (Å²) in [5, 5.41) is 5.03. The van der Waals surface area contributed by atoms with E-state index in [2.05, 4.69) is 252 Å². The molecule has 13 rings (SSSR count). The number of anilines is 2. The smallest absolute Gasteiger partial charge is 0.333 e. The van der Waals surface area contributed by atoms with Gasteiger partial charge in [-0.05, 0) is 110 Å². The monoisotopic (exact) mass is 893 g/mol. The summed E-state index contributed by atoms with van der Waals surface area (Å²) in [7, 11) is 0. The minimum absolute atomic E-state index is 0.00407. The molecule has 69 heavy (non-hydrogen) atoms. The van der Waals surface area contributed by atoms with Crippen LogP contribution >= 0.6 is 0 Å². The first-order chi connectivity index (χ1) is 33.1. The number of para-hydroxylation sites is 2. The Morgan fingerprint density at radius 3 is 1.64 bits per heavy atom. The van der Waals surface area contributed by atoms with Gasteiger partial charge in [-0.2, -0.15) is 0 Å². The van der Waals surface area contributed by atoms with Crippen molar-refractivity contribution in [2.24, 2.45) is 0 Å². The van der Waals surface area contributed by atoms with Crippen molar-refractivity contribution < 1.29 is 4.42 Å². The molecule has 0 radical (unpaired) electrons. The molecule has 2 aliphatic rings. The number of benzene rings is 8. The largest absolute Gasteiger partial charge is 0.453 e. The van der Waals surface area contributed by atoms with E-state index in [0.29, 0.717) is 0 Å². The lowest BCUT2D eigenvalue weighted by atomic mass is 9.43. The van der Waals surface area contributed by atoms with Crippen molar-refractivity contribution in [2.45, 2.75) is 78.6 Å². The predicted molar refractivity (Wildman–Crippen MR) is 293 cm³/mol. The zero-order valence-electron chi connectivity index (χ0n) is 41.1. The van der Waals surface area contributed by atoms with Gasteiger partial charge >= 0.3 is 6.85 Å². The Labute approximate surface area is 405 Å². The third-order valence-corrected chi connectivity index (χ3v) is 15.1. The number of hydrogen-bond acceptors (Lipinski definition) is 2. The van der Waals surface area contributed by atoms with Crippen LogP contribution in [0.4, 0.5) is 11.4 Å². The molecule has 0 saturated heterocycles. The lowest BCUT2D eigenvalue weighted by molar-refractivity contribution is 0.586. The molecule has 0 N–H and O–H groups in total. The second kappa shape index (κ2) is 14.5. The van der Waals surface area contributed by atoms with E-state index in [1.54, 1.807) is 0 Å². The van der Waals surface area contributed by atoms with Crippen LogP contribution in [0.5, 0.6) is 0 Å². The highest BCUT2D eigenvalue weighted by atomic mass is 16.3. The fourth-order valence-electron chi connectivity index (χ4n) is 11.6. The quantitative estimate of drug-likeness (QED) is 0.165. The van der Waals surface area contributed by atoms with Gasteiger partial charge in [-0.15, -0.1) is 0 Å². The van der Waals surface area contributed by atoms with Crippen LogP contribution in [-0.4, -0.2) is 16.0 Å². The van der Waals surface area contributed by atoms with Crippen molar-refractivity contribution in [3.05, 3.63) is 193 Å². The van der Waals surface area contributed by atoms with Crippen molar-refractivity contribution in [3.8, 4) is 45.1 Å². The van der Waals surface area contributed by atoms with Gasteiger partial charge in [0.15, 0.2) is 5.76 Å². The van der Waals surface area contributed by atoms with Gasteiger partial charge in [-0.3, -0.25) is 0 Å².